The minimum Gasteiger partial charge on any atom is -0.318 e. The lowest BCUT2D eigenvalue weighted by Gasteiger charge is -2.14. The lowest BCUT2D eigenvalue weighted by molar-refractivity contribution is -0.167. The van der Waals surface area contributed by atoms with Gasteiger partial charge in [-0.15, -0.1) is 0 Å². The van der Waals surface area contributed by atoms with Gasteiger partial charge >= 0.3 is 12.1 Å². The first-order valence-electron chi connectivity index (χ1n) is 6.96. The zero-order valence-corrected chi connectivity index (χ0v) is 12.4. The monoisotopic (exact) mass is 323 g/mol. The Morgan fingerprint density at radius 1 is 1.26 bits per heavy atom. The summed E-state index contributed by atoms with van der Waals surface area (Å²) in [5, 5.41) is 5.09. The Morgan fingerprint density at radius 3 is 2.70 bits per heavy atom. The maximum absolute atomic E-state index is 12.2. The number of carbonyl (C=O) groups excluding carboxylic acids is 1. The number of carbonyl (C=O) groups is 1. The van der Waals surface area contributed by atoms with Crippen molar-refractivity contribution in [2.24, 2.45) is 0 Å². The molecule has 0 aliphatic heterocycles. The summed E-state index contributed by atoms with van der Waals surface area (Å²) in [7, 11) is 0. The van der Waals surface area contributed by atoms with E-state index in [2.05, 4.69) is 10.3 Å². The molecule has 0 spiro atoms. The lowest BCUT2D eigenvalue weighted by atomic mass is 10.1. The Balaban J connectivity index is 1.96. The fraction of sp³-hybridized carbons (Fsp3) is 0.250. The van der Waals surface area contributed by atoms with E-state index in [0.29, 0.717) is 6.54 Å². The van der Waals surface area contributed by atoms with Crippen molar-refractivity contribution in [2.45, 2.75) is 25.7 Å². The van der Waals surface area contributed by atoms with E-state index in [1.165, 1.54) is 12.1 Å². The molecule has 0 saturated carbocycles. The minimum absolute atomic E-state index is 0.0390. The zero-order valence-electron chi connectivity index (χ0n) is 12.4. The maximum atomic E-state index is 12.2. The van der Waals surface area contributed by atoms with Gasteiger partial charge in [0, 0.05) is 30.7 Å². The Kier molecular flexibility index (Phi) is 5.33. The Labute approximate surface area is 131 Å². The molecule has 0 aliphatic carbocycles. The van der Waals surface area contributed by atoms with Gasteiger partial charge in [-0.05, 0) is 36.2 Å². The largest absolute Gasteiger partial charge is 0.471 e. The Hall–Kier alpha value is -2.41. The second-order valence-electron chi connectivity index (χ2n) is 5.04. The summed E-state index contributed by atoms with van der Waals surface area (Å²) in [5.74, 6) is -1.98. The first kappa shape index (κ1) is 17.0. The highest BCUT2D eigenvalue weighted by Gasteiger charge is 2.38. The number of alkyl halides is 3. The van der Waals surface area contributed by atoms with Gasteiger partial charge in [-0.1, -0.05) is 18.2 Å². The van der Waals surface area contributed by atoms with Crippen LogP contribution in [0, 0.1) is 0 Å². The highest BCUT2D eigenvalue weighted by Crippen LogP contribution is 2.19. The Morgan fingerprint density at radius 2 is 2.04 bits per heavy atom. The zero-order chi connectivity index (χ0) is 16.9. The molecule has 1 aromatic carbocycles. The highest BCUT2D eigenvalue weighted by atomic mass is 19.4. The van der Waals surface area contributed by atoms with Gasteiger partial charge in [-0.2, -0.15) is 13.2 Å². The number of hydrogen-bond acceptors (Lipinski definition) is 3. The van der Waals surface area contributed by atoms with Crippen LogP contribution in [0.15, 0.2) is 48.8 Å². The number of rotatable bonds is 5. The number of pyridine rings is 1. The summed E-state index contributed by atoms with van der Waals surface area (Å²) in [4.78, 5) is 15.0. The van der Waals surface area contributed by atoms with Crippen molar-refractivity contribution in [3.8, 4) is 0 Å². The van der Waals surface area contributed by atoms with Crippen LogP contribution >= 0.6 is 0 Å². The average Bonchev–Trinajstić information content (AvgIpc) is 2.53. The first-order valence-corrected chi connectivity index (χ1v) is 6.96. The molecule has 0 radical (unpaired) electrons. The van der Waals surface area contributed by atoms with Gasteiger partial charge in [0.1, 0.15) is 0 Å². The van der Waals surface area contributed by atoms with Gasteiger partial charge in [0.15, 0.2) is 0 Å². The third-order valence-electron chi connectivity index (χ3n) is 3.24. The smallest absolute Gasteiger partial charge is 0.318 e. The number of amides is 1. The van der Waals surface area contributed by atoms with Crippen molar-refractivity contribution >= 4 is 11.6 Å². The number of nitrogens with zero attached hydrogens (tertiary/aromatic N) is 1. The highest BCUT2D eigenvalue weighted by molar-refractivity contribution is 5.94. The number of nitrogens with one attached hydrogen (secondary N) is 2. The molecule has 1 aromatic heterocycles. The van der Waals surface area contributed by atoms with E-state index in [0.717, 1.165) is 11.1 Å². The van der Waals surface area contributed by atoms with Crippen LogP contribution in [0.25, 0.3) is 0 Å². The number of anilines is 1. The number of halogens is 3. The molecule has 2 rings (SSSR count). The second kappa shape index (κ2) is 7.23. The summed E-state index contributed by atoms with van der Waals surface area (Å²) in [5.41, 5.74) is 1.88. The van der Waals surface area contributed by atoms with Gasteiger partial charge in [-0.3, -0.25) is 9.78 Å². The minimum atomic E-state index is -4.90. The third-order valence-corrected chi connectivity index (χ3v) is 3.24. The SMILES string of the molecule is C[C@H](NCc1cccc(NC(=O)C(F)(F)F)c1)c1cccnc1. The van der Waals surface area contributed by atoms with E-state index >= 15 is 0 Å². The molecule has 7 heteroatoms. The predicted octanol–water partition coefficient (Wildman–Crippen LogP) is 3.43. The van der Waals surface area contributed by atoms with Crippen LogP contribution in [0.1, 0.15) is 24.1 Å². The second-order valence-corrected chi connectivity index (χ2v) is 5.04. The van der Waals surface area contributed by atoms with Crippen molar-refractivity contribution in [1.82, 2.24) is 10.3 Å². The van der Waals surface area contributed by atoms with Crippen LogP contribution < -0.4 is 10.6 Å². The molecular formula is C16H16F3N3O. The molecular weight excluding hydrogens is 307 g/mol. The summed E-state index contributed by atoms with van der Waals surface area (Å²) < 4.78 is 36.7. The summed E-state index contributed by atoms with van der Waals surface area (Å²) in [6.07, 6.45) is -1.47. The van der Waals surface area contributed by atoms with Crippen LogP contribution in [0.3, 0.4) is 0 Å². The van der Waals surface area contributed by atoms with Gasteiger partial charge in [0.05, 0.1) is 0 Å². The average molecular weight is 323 g/mol. The fourth-order valence-electron chi connectivity index (χ4n) is 1.98. The van der Waals surface area contributed by atoms with Crippen molar-refractivity contribution < 1.29 is 18.0 Å². The van der Waals surface area contributed by atoms with Crippen LogP contribution in [0.5, 0.6) is 0 Å². The fourth-order valence-corrected chi connectivity index (χ4v) is 1.98. The lowest BCUT2D eigenvalue weighted by Crippen LogP contribution is -2.30. The number of hydrogen-bond donors (Lipinski definition) is 2. The van der Waals surface area contributed by atoms with Crippen LogP contribution in [0.4, 0.5) is 18.9 Å². The van der Waals surface area contributed by atoms with Crippen molar-refractivity contribution in [1.29, 1.82) is 0 Å². The Bertz CT molecular complexity index is 659. The topological polar surface area (TPSA) is 54.0 Å². The standard InChI is InChI=1S/C16H16F3N3O/c1-11(13-5-3-7-20-10-13)21-9-12-4-2-6-14(8-12)22-15(23)16(17,18)19/h2-8,10-11,21H,9H2,1H3,(H,22,23)/t11-/m0/s1. The molecule has 4 nitrogen and oxygen atoms in total. The molecule has 2 N–H and O–H groups in total. The molecule has 0 unspecified atom stereocenters. The molecule has 0 bridgehead atoms. The predicted molar refractivity (Wildman–Crippen MR) is 80.6 cm³/mol. The van der Waals surface area contributed by atoms with Gasteiger partial charge in [-0.25, -0.2) is 0 Å². The summed E-state index contributed by atoms with van der Waals surface area (Å²) in [6.45, 7) is 2.41. The third kappa shape index (κ3) is 5.07. The van der Waals surface area contributed by atoms with E-state index in [1.807, 2.05) is 24.4 Å². The van der Waals surface area contributed by atoms with E-state index < -0.39 is 12.1 Å². The van der Waals surface area contributed by atoms with Gasteiger partial charge in [0.2, 0.25) is 0 Å². The van der Waals surface area contributed by atoms with E-state index in [-0.39, 0.29) is 11.7 Å². The molecule has 23 heavy (non-hydrogen) atoms. The van der Waals surface area contributed by atoms with E-state index in [9.17, 15) is 18.0 Å². The quantitative estimate of drug-likeness (QED) is 0.886. The van der Waals surface area contributed by atoms with Crippen LogP contribution in [-0.2, 0) is 11.3 Å². The number of aromatic nitrogens is 1. The summed E-state index contributed by atoms with van der Waals surface area (Å²) >= 11 is 0. The number of benzene rings is 1. The van der Waals surface area contributed by atoms with Crippen molar-refractivity contribution in [3.63, 3.8) is 0 Å². The van der Waals surface area contributed by atoms with Crippen molar-refractivity contribution in [2.75, 3.05) is 5.32 Å². The molecule has 0 fully saturated rings. The molecule has 0 aliphatic rings. The maximum Gasteiger partial charge on any atom is 0.471 e. The molecule has 0 saturated heterocycles. The van der Waals surface area contributed by atoms with E-state index in [1.54, 1.807) is 24.5 Å². The molecule has 1 heterocycles. The summed E-state index contributed by atoms with van der Waals surface area (Å²) in [6, 6.07) is 10.1. The van der Waals surface area contributed by atoms with E-state index in [4.69, 9.17) is 0 Å². The van der Waals surface area contributed by atoms with Crippen LogP contribution in [-0.4, -0.2) is 17.1 Å². The molecule has 1 amide bonds. The molecule has 1 atom stereocenters. The van der Waals surface area contributed by atoms with Gasteiger partial charge < -0.3 is 10.6 Å². The molecule has 122 valence electrons. The normalized spacial score (nSPS) is 12.7. The van der Waals surface area contributed by atoms with Crippen LogP contribution in [0.2, 0.25) is 0 Å². The van der Waals surface area contributed by atoms with Gasteiger partial charge in [0.25, 0.3) is 0 Å². The first-order chi connectivity index (χ1) is 10.9. The molecule has 2 aromatic rings. The van der Waals surface area contributed by atoms with Crippen molar-refractivity contribution in [3.05, 3.63) is 59.9 Å².